The molecule has 106 valence electrons. The molecule has 0 heterocycles. The Bertz CT molecular complexity index is 380. The van der Waals surface area contributed by atoms with E-state index in [2.05, 4.69) is 17.6 Å². The summed E-state index contributed by atoms with van der Waals surface area (Å²) < 4.78 is 4.93. The number of aryl methyl sites for hydroxylation is 1. The third-order valence-electron chi connectivity index (χ3n) is 2.91. The SMILES string of the molecule is CCc1ccccc1NC(=O)CCCNCCOC. The van der Waals surface area contributed by atoms with Crippen LogP contribution in [0.15, 0.2) is 24.3 Å². The third-order valence-corrected chi connectivity index (χ3v) is 2.91. The van der Waals surface area contributed by atoms with Crippen molar-refractivity contribution in [2.75, 3.05) is 32.1 Å². The predicted octanol–water partition coefficient (Wildman–Crippen LogP) is 2.20. The highest BCUT2D eigenvalue weighted by Crippen LogP contribution is 2.15. The normalized spacial score (nSPS) is 10.4. The lowest BCUT2D eigenvalue weighted by Gasteiger charge is -2.09. The Morgan fingerprint density at radius 2 is 2.05 bits per heavy atom. The molecule has 2 N–H and O–H groups in total. The highest BCUT2D eigenvalue weighted by molar-refractivity contribution is 5.91. The van der Waals surface area contributed by atoms with Gasteiger partial charge in [0.2, 0.25) is 5.91 Å². The van der Waals surface area contributed by atoms with Crippen molar-refractivity contribution in [1.29, 1.82) is 0 Å². The minimum Gasteiger partial charge on any atom is -0.383 e. The van der Waals surface area contributed by atoms with Gasteiger partial charge in [-0.15, -0.1) is 0 Å². The maximum Gasteiger partial charge on any atom is 0.224 e. The fraction of sp³-hybridized carbons (Fsp3) is 0.533. The van der Waals surface area contributed by atoms with E-state index >= 15 is 0 Å². The lowest BCUT2D eigenvalue weighted by atomic mass is 10.1. The topological polar surface area (TPSA) is 50.4 Å². The van der Waals surface area contributed by atoms with Crippen LogP contribution in [0.4, 0.5) is 5.69 Å². The Hall–Kier alpha value is -1.39. The van der Waals surface area contributed by atoms with Crippen molar-refractivity contribution >= 4 is 11.6 Å². The molecule has 0 aromatic heterocycles. The fourth-order valence-electron chi connectivity index (χ4n) is 1.84. The predicted molar refractivity (Wildman–Crippen MR) is 78.4 cm³/mol. The van der Waals surface area contributed by atoms with E-state index in [1.807, 2.05) is 24.3 Å². The molecule has 4 heteroatoms. The molecule has 0 bridgehead atoms. The molecule has 0 aliphatic carbocycles. The van der Waals surface area contributed by atoms with Gasteiger partial charge in [-0.1, -0.05) is 25.1 Å². The standard InChI is InChI=1S/C15H24N2O2/c1-3-13-7-4-5-8-14(13)17-15(18)9-6-10-16-11-12-19-2/h4-5,7-8,16H,3,6,9-12H2,1-2H3,(H,17,18). The van der Waals surface area contributed by atoms with Crippen LogP contribution in [0.2, 0.25) is 0 Å². The molecule has 0 fully saturated rings. The average Bonchev–Trinajstić information content (AvgIpc) is 2.43. The summed E-state index contributed by atoms with van der Waals surface area (Å²) in [6.07, 6.45) is 2.30. The zero-order valence-corrected chi connectivity index (χ0v) is 11.9. The number of rotatable bonds is 9. The molecule has 0 saturated carbocycles. The Labute approximate surface area is 115 Å². The molecule has 1 rings (SSSR count). The second-order valence-electron chi connectivity index (χ2n) is 4.41. The number of para-hydroxylation sites is 1. The van der Waals surface area contributed by atoms with Crippen LogP contribution in [0.3, 0.4) is 0 Å². The summed E-state index contributed by atoms with van der Waals surface area (Å²) >= 11 is 0. The highest BCUT2D eigenvalue weighted by Gasteiger charge is 2.04. The number of carbonyl (C=O) groups is 1. The van der Waals surface area contributed by atoms with Crippen LogP contribution >= 0.6 is 0 Å². The van der Waals surface area contributed by atoms with E-state index in [-0.39, 0.29) is 5.91 Å². The Morgan fingerprint density at radius 3 is 2.79 bits per heavy atom. The first-order valence-electron chi connectivity index (χ1n) is 6.85. The zero-order chi connectivity index (χ0) is 13.9. The summed E-state index contributed by atoms with van der Waals surface area (Å²) in [5, 5.41) is 6.20. The van der Waals surface area contributed by atoms with Crippen LogP contribution in [0, 0.1) is 0 Å². The molecule has 0 aliphatic heterocycles. The van der Waals surface area contributed by atoms with Crippen molar-refractivity contribution < 1.29 is 9.53 Å². The largest absolute Gasteiger partial charge is 0.383 e. The lowest BCUT2D eigenvalue weighted by molar-refractivity contribution is -0.116. The second-order valence-corrected chi connectivity index (χ2v) is 4.41. The first kappa shape index (κ1) is 15.7. The van der Waals surface area contributed by atoms with Crippen molar-refractivity contribution in [2.24, 2.45) is 0 Å². The van der Waals surface area contributed by atoms with Crippen molar-refractivity contribution in [3.8, 4) is 0 Å². The number of anilines is 1. The van der Waals surface area contributed by atoms with Crippen LogP contribution in [-0.2, 0) is 16.0 Å². The summed E-state index contributed by atoms with van der Waals surface area (Å²) in [6.45, 7) is 4.46. The average molecular weight is 264 g/mol. The monoisotopic (exact) mass is 264 g/mol. The van der Waals surface area contributed by atoms with Gasteiger partial charge in [0.1, 0.15) is 0 Å². The van der Waals surface area contributed by atoms with Gasteiger partial charge in [0, 0.05) is 25.8 Å². The summed E-state index contributed by atoms with van der Waals surface area (Å²) in [6, 6.07) is 7.94. The molecule has 0 unspecified atom stereocenters. The Kier molecular flexibility index (Phi) is 7.86. The van der Waals surface area contributed by atoms with Gasteiger partial charge in [0.05, 0.1) is 6.61 Å². The molecule has 0 atom stereocenters. The van der Waals surface area contributed by atoms with Crippen LogP contribution < -0.4 is 10.6 Å². The van der Waals surface area contributed by atoms with Gasteiger partial charge in [-0.3, -0.25) is 4.79 Å². The Balaban J connectivity index is 2.23. The highest BCUT2D eigenvalue weighted by atomic mass is 16.5. The first-order valence-corrected chi connectivity index (χ1v) is 6.85. The molecule has 1 aromatic carbocycles. The smallest absolute Gasteiger partial charge is 0.224 e. The quantitative estimate of drug-likeness (QED) is 0.672. The van der Waals surface area contributed by atoms with Crippen molar-refractivity contribution in [3.63, 3.8) is 0 Å². The third kappa shape index (κ3) is 6.36. The van der Waals surface area contributed by atoms with Gasteiger partial charge in [-0.2, -0.15) is 0 Å². The van der Waals surface area contributed by atoms with Crippen LogP contribution in [-0.4, -0.2) is 32.7 Å². The van der Waals surface area contributed by atoms with Gasteiger partial charge in [-0.25, -0.2) is 0 Å². The molecule has 0 aliphatic rings. The summed E-state index contributed by atoms with van der Waals surface area (Å²) in [5.74, 6) is 0.0782. The summed E-state index contributed by atoms with van der Waals surface area (Å²) in [4.78, 5) is 11.8. The van der Waals surface area contributed by atoms with Crippen molar-refractivity contribution in [3.05, 3.63) is 29.8 Å². The number of methoxy groups -OCH3 is 1. The zero-order valence-electron chi connectivity index (χ0n) is 11.9. The van der Waals surface area contributed by atoms with Gasteiger partial charge < -0.3 is 15.4 Å². The van der Waals surface area contributed by atoms with Gasteiger partial charge in [0.25, 0.3) is 0 Å². The minimum absolute atomic E-state index is 0.0782. The summed E-state index contributed by atoms with van der Waals surface area (Å²) in [7, 11) is 1.68. The van der Waals surface area contributed by atoms with Crippen molar-refractivity contribution in [1.82, 2.24) is 5.32 Å². The van der Waals surface area contributed by atoms with E-state index in [0.717, 1.165) is 31.6 Å². The van der Waals surface area contributed by atoms with E-state index in [9.17, 15) is 4.79 Å². The second kappa shape index (κ2) is 9.53. The molecule has 1 aromatic rings. The molecule has 4 nitrogen and oxygen atoms in total. The number of hydrogen-bond donors (Lipinski definition) is 2. The van der Waals surface area contributed by atoms with Crippen LogP contribution in [0.25, 0.3) is 0 Å². The van der Waals surface area contributed by atoms with Crippen molar-refractivity contribution in [2.45, 2.75) is 26.2 Å². The van der Waals surface area contributed by atoms with Crippen LogP contribution in [0.1, 0.15) is 25.3 Å². The van der Waals surface area contributed by atoms with E-state index in [4.69, 9.17) is 4.74 Å². The fourth-order valence-corrected chi connectivity index (χ4v) is 1.84. The van der Waals surface area contributed by atoms with E-state index in [1.165, 1.54) is 5.56 Å². The number of benzene rings is 1. The number of amides is 1. The van der Waals surface area contributed by atoms with Crippen LogP contribution in [0.5, 0.6) is 0 Å². The van der Waals surface area contributed by atoms with Gasteiger partial charge in [-0.05, 0) is 31.0 Å². The van der Waals surface area contributed by atoms with E-state index in [1.54, 1.807) is 7.11 Å². The molecule has 19 heavy (non-hydrogen) atoms. The number of ether oxygens (including phenoxy) is 1. The van der Waals surface area contributed by atoms with E-state index in [0.29, 0.717) is 13.0 Å². The Morgan fingerprint density at radius 1 is 1.26 bits per heavy atom. The number of hydrogen-bond acceptors (Lipinski definition) is 3. The molecule has 1 amide bonds. The van der Waals surface area contributed by atoms with E-state index < -0.39 is 0 Å². The van der Waals surface area contributed by atoms with Gasteiger partial charge in [0.15, 0.2) is 0 Å². The molecule has 0 spiro atoms. The summed E-state index contributed by atoms with van der Waals surface area (Å²) in [5.41, 5.74) is 2.11. The maximum atomic E-state index is 11.8. The molecular weight excluding hydrogens is 240 g/mol. The molecular formula is C15H24N2O2. The minimum atomic E-state index is 0.0782. The molecule has 0 saturated heterocycles. The lowest BCUT2D eigenvalue weighted by Crippen LogP contribution is -2.22. The first-order chi connectivity index (χ1) is 9.27. The van der Waals surface area contributed by atoms with Gasteiger partial charge >= 0.3 is 0 Å². The maximum absolute atomic E-state index is 11.8. The molecule has 0 radical (unpaired) electrons. The number of nitrogens with one attached hydrogen (secondary N) is 2. The number of carbonyl (C=O) groups excluding carboxylic acids is 1.